The fourth-order valence-corrected chi connectivity index (χ4v) is 0.898. The lowest BCUT2D eigenvalue weighted by Gasteiger charge is -2.27. The molecule has 12 heavy (non-hydrogen) atoms. The van der Waals surface area contributed by atoms with E-state index in [-0.39, 0.29) is 11.9 Å². The zero-order valence-electron chi connectivity index (χ0n) is 6.96. The number of primary amides is 1. The van der Waals surface area contributed by atoms with Crippen LogP contribution in [-0.4, -0.2) is 30.4 Å². The molecule has 5 heteroatoms. The number of amides is 2. The second-order valence-electron chi connectivity index (χ2n) is 2.93. The molecule has 68 valence electrons. The van der Waals surface area contributed by atoms with Crippen molar-refractivity contribution in [1.82, 2.24) is 10.6 Å². The Morgan fingerprint density at radius 3 is 2.58 bits per heavy atom. The van der Waals surface area contributed by atoms with E-state index in [1.807, 2.05) is 0 Å². The van der Waals surface area contributed by atoms with Crippen molar-refractivity contribution in [3.63, 3.8) is 0 Å². The van der Waals surface area contributed by atoms with Crippen molar-refractivity contribution in [2.75, 3.05) is 6.54 Å². The molecule has 5 nitrogen and oxygen atoms in total. The summed E-state index contributed by atoms with van der Waals surface area (Å²) in [6.07, 6.45) is 0.831. The molecule has 1 saturated heterocycles. The molecule has 0 radical (unpaired) electrons. The molecular weight excluding hydrogens is 158 g/mol. The Kier molecular flexibility index (Phi) is 2.65. The monoisotopic (exact) mass is 171 g/mol. The van der Waals surface area contributed by atoms with Crippen LogP contribution in [0.5, 0.6) is 0 Å². The molecule has 0 bridgehead atoms. The summed E-state index contributed by atoms with van der Waals surface area (Å²) in [5.41, 5.74) is 4.97. The van der Waals surface area contributed by atoms with E-state index in [2.05, 4.69) is 10.6 Å². The molecule has 2 amide bonds. The molecule has 1 heterocycles. The van der Waals surface area contributed by atoms with Crippen molar-refractivity contribution < 1.29 is 9.59 Å². The van der Waals surface area contributed by atoms with Gasteiger partial charge in [-0.3, -0.25) is 9.59 Å². The molecule has 1 rings (SSSR count). The van der Waals surface area contributed by atoms with E-state index in [0.717, 1.165) is 13.0 Å². The standard InChI is InChI=1S/C7H13N3O2/c1-4(6(8)11)10-7(12)5-2-3-9-5/h4-5,9H,2-3H2,1H3,(H2,8,11)(H,10,12). The second-order valence-corrected chi connectivity index (χ2v) is 2.93. The number of hydrogen-bond donors (Lipinski definition) is 3. The Morgan fingerprint density at radius 1 is 1.67 bits per heavy atom. The summed E-state index contributed by atoms with van der Waals surface area (Å²) in [5.74, 6) is -0.657. The smallest absolute Gasteiger partial charge is 0.239 e. The van der Waals surface area contributed by atoms with Gasteiger partial charge in [0.05, 0.1) is 6.04 Å². The van der Waals surface area contributed by atoms with Gasteiger partial charge in [-0.1, -0.05) is 0 Å². The van der Waals surface area contributed by atoms with Crippen LogP contribution in [0.2, 0.25) is 0 Å². The maximum Gasteiger partial charge on any atom is 0.239 e. The molecule has 1 aliphatic heterocycles. The van der Waals surface area contributed by atoms with Gasteiger partial charge >= 0.3 is 0 Å². The first-order valence-corrected chi connectivity index (χ1v) is 3.94. The molecule has 2 atom stereocenters. The quantitative estimate of drug-likeness (QED) is 0.475. The fourth-order valence-electron chi connectivity index (χ4n) is 0.898. The molecule has 0 aliphatic carbocycles. The fraction of sp³-hybridized carbons (Fsp3) is 0.714. The summed E-state index contributed by atoms with van der Waals surface area (Å²) in [7, 11) is 0. The minimum atomic E-state index is -0.583. The zero-order valence-corrected chi connectivity index (χ0v) is 6.96. The summed E-state index contributed by atoms with van der Waals surface area (Å²) in [6, 6.07) is -0.716. The lowest BCUT2D eigenvalue weighted by molar-refractivity contribution is -0.129. The first kappa shape index (κ1) is 8.99. The Labute approximate surface area is 70.7 Å². The molecule has 0 spiro atoms. The number of nitrogens with one attached hydrogen (secondary N) is 2. The van der Waals surface area contributed by atoms with Crippen molar-refractivity contribution >= 4 is 11.8 Å². The van der Waals surface area contributed by atoms with Gasteiger partial charge in [-0.25, -0.2) is 0 Å². The van der Waals surface area contributed by atoms with Gasteiger partial charge in [0.1, 0.15) is 6.04 Å². The highest BCUT2D eigenvalue weighted by Crippen LogP contribution is 2.01. The molecule has 1 aliphatic rings. The summed E-state index contributed by atoms with van der Waals surface area (Å²) in [5, 5.41) is 5.43. The van der Waals surface area contributed by atoms with Gasteiger partial charge in [0.25, 0.3) is 0 Å². The van der Waals surface area contributed by atoms with Gasteiger partial charge in [0, 0.05) is 0 Å². The van der Waals surface area contributed by atoms with Crippen molar-refractivity contribution in [2.24, 2.45) is 5.73 Å². The van der Waals surface area contributed by atoms with Crippen LogP contribution in [-0.2, 0) is 9.59 Å². The maximum absolute atomic E-state index is 11.2. The van der Waals surface area contributed by atoms with Crippen molar-refractivity contribution in [3.05, 3.63) is 0 Å². The SMILES string of the molecule is CC(NC(=O)C1CCN1)C(N)=O. The topological polar surface area (TPSA) is 84.2 Å². The van der Waals surface area contributed by atoms with E-state index < -0.39 is 11.9 Å². The van der Waals surface area contributed by atoms with E-state index in [1.165, 1.54) is 0 Å². The first-order valence-electron chi connectivity index (χ1n) is 3.94. The first-order chi connectivity index (χ1) is 5.61. The van der Waals surface area contributed by atoms with E-state index in [1.54, 1.807) is 6.92 Å². The summed E-state index contributed by atoms with van der Waals surface area (Å²) < 4.78 is 0. The van der Waals surface area contributed by atoms with Crippen LogP contribution >= 0.6 is 0 Å². The van der Waals surface area contributed by atoms with Gasteiger partial charge in [0.15, 0.2) is 0 Å². The summed E-state index contributed by atoms with van der Waals surface area (Å²) in [6.45, 7) is 2.43. The minimum absolute atomic E-state index is 0.133. The van der Waals surface area contributed by atoms with Crippen molar-refractivity contribution in [2.45, 2.75) is 25.4 Å². The third kappa shape index (κ3) is 1.94. The highest BCUT2D eigenvalue weighted by Gasteiger charge is 2.26. The van der Waals surface area contributed by atoms with Crippen LogP contribution < -0.4 is 16.4 Å². The second kappa shape index (κ2) is 3.53. The summed E-state index contributed by atoms with van der Waals surface area (Å²) in [4.78, 5) is 21.7. The molecule has 0 aromatic heterocycles. The highest BCUT2D eigenvalue weighted by atomic mass is 16.2. The van der Waals surface area contributed by atoms with Crippen molar-refractivity contribution in [1.29, 1.82) is 0 Å². The molecule has 2 unspecified atom stereocenters. The number of carbonyl (C=O) groups is 2. The minimum Gasteiger partial charge on any atom is -0.368 e. The average Bonchev–Trinajstić information content (AvgIpc) is 1.82. The third-order valence-corrected chi connectivity index (χ3v) is 1.93. The van der Waals surface area contributed by atoms with Crippen molar-refractivity contribution in [3.8, 4) is 0 Å². The number of carbonyl (C=O) groups excluding carboxylic acids is 2. The van der Waals surface area contributed by atoms with E-state index in [0.29, 0.717) is 0 Å². The largest absolute Gasteiger partial charge is 0.368 e. The van der Waals surface area contributed by atoms with Crippen LogP contribution in [0.3, 0.4) is 0 Å². The van der Waals surface area contributed by atoms with Crippen LogP contribution in [0.15, 0.2) is 0 Å². The Bertz CT molecular complexity index is 201. The Balaban J connectivity index is 2.29. The van der Waals surface area contributed by atoms with Crippen LogP contribution in [0.25, 0.3) is 0 Å². The zero-order chi connectivity index (χ0) is 9.14. The van der Waals surface area contributed by atoms with Crippen LogP contribution in [0, 0.1) is 0 Å². The lowest BCUT2D eigenvalue weighted by atomic mass is 10.1. The number of hydrogen-bond acceptors (Lipinski definition) is 3. The van der Waals surface area contributed by atoms with E-state index in [9.17, 15) is 9.59 Å². The molecule has 0 aromatic carbocycles. The highest BCUT2D eigenvalue weighted by molar-refractivity contribution is 5.89. The van der Waals surface area contributed by atoms with Gasteiger partial charge in [-0.05, 0) is 19.9 Å². The Morgan fingerprint density at radius 2 is 2.25 bits per heavy atom. The molecular formula is C7H13N3O2. The van der Waals surface area contributed by atoms with E-state index in [4.69, 9.17) is 5.73 Å². The molecule has 4 N–H and O–H groups in total. The third-order valence-electron chi connectivity index (χ3n) is 1.93. The normalized spacial score (nSPS) is 23.9. The number of nitrogens with two attached hydrogens (primary N) is 1. The van der Waals surface area contributed by atoms with Crippen LogP contribution in [0.1, 0.15) is 13.3 Å². The predicted octanol–water partition coefficient (Wildman–Crippen LogP) is -1.66. The van der Waals surface area contributed by atoms with Gasteiger partial charge in [-0.15, -0.1) is 0 Å². The van der Waals surface area contributed by atoms with Gasteiger partial charge < -0.3 is 16.4 Å². The van der Waals surface area contributed by atoms with E-state index >= 15 is 0 Å². The number of rotatable bonds is 3. The van der Waals surface area contributed by atoms with Crippen LogP contribution in [0.4, 0.5) is 0 Å². The van der Waals surface area contributed by atoms with Gasteiger partial charge in [-0.2, -0.15) is 0 Å². The lowest BCUT2D eigenvalue weighted by Crippen LogP contribution is -2.56. The molecule has 0 saturated carbocycles. The molecule has 0 aromatic rings. The molecule has 1 fully saturated rings. The maximum atomic E-state index is 11.2. The van der Waals surface area contributed by atoms with Gasteiger partial charge in [0.2, 0.25) is 11.8 Å². The predicted molar refractivity (Wildman–Crippen MR) is 43.2 cm³/mol. The average molecular weight is 171 g/mol. The Hall–Kier alpha value is -1.10. The summed E-state index contributed by atoms with van der Waals surface area (Å²) >= 11 is 0.